The highest BCUT2D eigenvalue weighted by atomic mass is 35.5. The molecule has 0 saturated heterocycles. The number of hydrogen-bond donors (Lipinski definition) is 0. The highest BCUT2D eigenvalue weighted by Crippen LogP contribution is 2.32. The molecule has 0 radical (unpaired) electrons. The molecule has 0 aliphatic rings. The van der Waals surface area contributed by atoms with Crippen LogP contribution in [-0.4, -0.2) is 14.8 Å². The van der Waals surface area contributed by atoms with Crippen LogP contribution in [0.4, 0.5) is 0 Å². The van der Waals surface area contributed by atoms with Gasteiger partial charge in [-0.05, 0) is 30.3 Å². The number of hydrogen-bond acceptors (Lipinski definition) is 3. The van der Waals surface area contributed by atoms with Crippen LogP contribution < -0.4 is 0 Å². The number of oxazole rings is 1. The van der Waals surface area contributed by atoms with Crippen molar-refractivity contribution in [2.24, 2.45) is 0 Å². The van der Waals surface area contributed by atoms with Crippen molar-refractivity contribution in [3.63, 3.8) is 0 Å². The van der Waals surface area contributed by atoms with Gasteiger partial charge in [-0.3, -0.25) is 0 Å². The average Bonchev–Trinajstić information content (AvgIpc) is 3.26. The minimum absolute atomic E-state index is 0.533. The highest BCUT2D eigenvalue weighted by Gasteiger charge is 2.18. The molecule has 0 spiro atoms. The third-order valence-corrected chi connectivity index (χ3v) is 3.71. The fourth-order valence-electron chi connectivity index (χ4n) is 2.35. The topological polar surface area (TPSA) is 43.9 Å². The molecule has 23 heavy (non-hydrogen) atoms. The molecule has 0 unspecified atom stereocenters. The first-order valence-corrected chi connectivity index (χ1v) is 7.51. The van der Waals surface area contributed by atoms with Crippen molar-refractivity contribution in [2.75, 3.05) is 0 Å². The predicted molar refractivity (Wildman–Crippen MR) is 89.5 cm³/mol. The molecule has 0 bridgehead atoms. The van der Waals surface area contributed by atoms with Crippen LogP contribution in [0.3, 0.4) is 0 Å². The van der Waals surface area contributed by atoms with Gasteiger partial charge in [-0.15, -0.1) is 0 Å². The lowest BCUT2D eigenvalue weighted by Crippen LogP contribution is -1.96. The minimum Gasteiger partial charge on any atom is -0.434 e. The van der Waals surface area contributed by atoms with Gasteiger partial charge in [-0.1, -0.05) is 41.9 Å². The summed E-state index contributed by atoms with van der Waals surface area (Å²) >= 11 is 5.95. The van der Waals surface area contributed by atoms with E-state index in [4.69, 9.17) is 16.0 Å². The largest absolute Gasteiger partial charge is 0.434 e. The molecular weight excluding hydrogens is 310 g/mol. The lowest BCUT2D eigenvalue weighted by atomic mass is 10.2. The molecule has 2 aromatic carbocycles. The van der Waals surface area contributed by atoms with Gasteiger partial charge >= 0.3 is 0 Å². The Morgan fingerprint density at radius 3 is 2.35 bits per heavy atom. The van der Waals surface area contributed by atoms with Crippen LogP contribution in [0.5, 0.6) is 0 Å². The van der Waals surface area contributed by atoms with E-state index in [1.54, 1.807) is 10.9 Å². The van der Waals surface area contributed by atoms with Gasteiger partial charge in [-0.2, -0.15) is 10.1 Å². The molecule has 0 amide bonds. The van der Waals surface area contributed by atoms with Gasteiger partial charge in [0, 0.05) is 28.5 Å². The molecule has 0 aliphatic heterocycles. The van der Waals surface area contributed by atoms with E-state index in [0.29, 0.717) is 22.5 Å². The zero-order valence-corrected chi connectivity index (χ0v) is 12.8. The van der Waals surface area contributed by atoms with E-state index in [-0.39, 0.29) is 0 Å². The van der Waals surface area contributed by atoms with Crippen LogP contribution in [-0.2, 0) is 0 Å². The summed E-state index contributed by atoms with van der Waals surface area (Å²) in [5.74, 6) is 1.87. The third kappa shape index (κ3) is 2.64. The van der Waals surface area contributed by atoms with E-state index >= 15 is 0 Å². The first-order valence-electron chi connectivity index (χ1n) is 7.13. The maximum absolute atomic E-state index is 6.04. The average molecular weight is 322 g/mol. The summed E-state index contributed by atoms with van der Waals surface area (Å²) < 4.78 is 7.74. The summed E-state index contributed by atoms with van der Waals surface area (Å²) in [5.41, 5.74) is 1.82. The molecule has 4 nitrogen and oxygen atoms in total. The van der Waals surface area contributed by atoms with Crippen molar-refractivity contribution in [1.82, 2.24) is 14.8 Å². The molecule has 112 valence electrons. The summed E-state index contributed by atoms with van der Waals surface area (Å²) in [6.07, 6.45) is 3.56. The van der Waals surface area contributed by atoms with Gasteiger partial charge in [0.2, 0.25) is 11.7 Å². The fourth-order valence-corrected chi connectivity index (χ4v) is 2.48. The second kappa shape index (κ2) is 5.74. The number of aromatic nitrogens is 3. The van der Waals surface area contributed by atoms with E-state index in [9.17, 15) is 0 Å². The van der Waals surface area contributed by atoms with Gasteiger partial charge in [0.15, 0.2) is 5.76 Å². The second-order valence-corrected chi connectivity index (χ2v) is 5.43. The SMILES string of the molecule is Clc1ccc(-c2nc(-n3cccn3)c(-c3ccccc3)o2)cc1. The van der Waals surface area contributed by atoms with Gasteiger partial charge < -0.3 is 4.42 Å². The molecule has 4 aromatic rings. The normalized spacial score (nSPS) is 10.8. The third-order valence-electron chi connectivity index (χ3n) is 3.46. The number of nitrogens with zero attached hydrogens (tertiary/aromatic N) is 3. The Balaban J connectivity index is 1.89. The second-order valence-electron chi connectivity index (χ2n) is 5.00. The van der Waals surface area contributed by atoms with Crippen LogP contribution in [0.2, 0.25) is 5.02 Å². The van der Waals surface area contributed by atoms with Crippen LogP contribution >= 0.6 is 11.6 Å². The summed E-state index contributed by atoms with van der Waals surface area (Å²) in [7, 11) is 0. The van der Waals surface area contributed by atoms with E-state index in [1.165, 1.54) is 0 Å². The molecule has 5 heteroatoms. The Kier molecular flexibility index (Phi) is 3.44. The molecule has 0 saturated carbocycles. The molecule has 4 rings (SSSR count). The van der Waals surface area contributed by atoms with Gasteiger partial charge in [-0.25, -0.2) is 4.68 Å². The van der Waals surface area contributed by atoms with Gasteiger partial charge in [0.05, 0.1) is 0 Å². The highest BCUT2D eigenvalue weighted by molar-refractivity contribution is 6.30. The van der Waals surface area contributed by atoms with Gasteiger partial charge in [0.25, 0.3) is 0 Å². The summed E-state index contributed by atoms with van der Waals surface area (Å²) in [6.45, 7) is 0. The zero-order valence-electron chi connectivity index (χ0n) is 12.1. The van der Waals surface area contributed by atoms with Crippen molar-refractivity contribution in [3.8, 4) is 28.6 Å². The molecule has 0 atom stereocenters. The van der Waals surface area contributed by atoms with Crippen molar-refractivity contribution in [2.45, 2.75) is 0 Å². The Morgan fingerprint density at radius 1 is 0.870 bits per heavy atom. The quantitative estimate of drug-likeness (QED) is 0.542. The Hall–Kier alpha value is -2.85. The first-order chi connectivity index (χ1) is 11.3. The molecule has 0 aliphatic carbocycles. The molecule has 0 N–H and O–H groups in total. The smallest absolute Gasteiger partial charge is 0.228 e. The Bertz CT molecular complexity index is 913. The molecule has 2 aromatic heterocycles. The van der Waals surface area contributed by atoms with E-state index < -0.39 is 0 Å². The number of benzene rings is 2. The monoisotopic (exact) mass is 321 g/mol. The standard InChI is InChI=1S/C18H12ClN3O/c19-15-9-7-14(8-10-15)18-21-17(22-12-4-11-20-22)16(23-18)13-5-2-1-3-6-13/h1-12H. The summed E-state index contributed by atoms with van der Waals surface area (Å²) in [6, 6.07) is 19.1. The van der Waals surface area contributed by atoms with Crippen LogP contribution in [0.15, 0.2) is 77.5 Å². The molecular formula is C18H12ClN3O. The maximum Gasteiger partial charge on any atom is 0.228 e. The zero-order chi connectivity index (χ0) is 15.6. The van der Waals surface area contributed by atoms with Crippen molar-refractivity contribution in [3.05, 3.63) is 78.1 Å². The lowest BCUT2D eigenvalue weighted by molar-refractivity contribution is 0.587. The summed E-state index contributed by atoms with van der Waals surface area (Å²) in [5, 5.41) is 4.94. The van der Waals surface area contributed by atoms with Crippen LogP contribution in [0.25, 0.3) is 28.6 Å². The first kappa shape index (κ1) is 13.8. The minimum atomic E-state index is 0.533. The number of halogens is 1. The number of rotatable bonds is 3. The molecule has 0 fully saturated rings. The van der Waals surface area contributed by atoms with Crippen molar-refractivity contribution in [1.29, 1.82) is 0 Å². The van der Waals surface area contributed by atoms with E-state index in [0.717, 1.165) is 11.1 Å². The Morgan fingerprint density at radius 2 is 1.65 bits per heavy atom. The van der Waals surface area contributed by atoms with E-state index in [1.807, 2.05) is 66.9 Å². The van der Waals surface area contributed by atoms with Crippen LogP contribution in [0.1, 0.15) is 0 Å². The van der Waals surface area contributed by atoms with Gasteiger partial charge in [0.1, 0.15) is 0 Å². The van der Waals surface area contributed by atoms with E-state index in [2.05, 4.69) is 10.1 Å². The maximum atomic E-state index is 6.04. The lowest BCUT2D eigenvalue weighted by Gasteiger charge is -2.00. The summed E-state index contributed by atoms with van der Waals surface area (Å²) in [4.78, 5) is 4.62. The Labute approximate surface area is 138 Å². The van der Waals surface area contributed by atoms with Crippen LogP contribution in [0, 0.1) is 0 Å². The van der Waals surface area contributed by atoms with Crippen molar-refractivity contribution < 1.29 is 4.42 Å². The fraction of sp³-hybridized carbons (Fsp3) is 0. The predicted octanol–water partition coefficient (Wildman–Crippen LogP) is 4.85. The molecule has 2 heterocycles. The van der Waals surface area contributed by atoms with Crippen molar-refractivity contribution >= 4 is 11.6 Å².